The van der Waals surface area contributed by atoms with Crippen molar-refractivity contribution in [1.82, 2.24) is 5.32 Å². The van der Waals surface area contributed by atoms with Crippen LogP contribution in [0.3, 0.4) is 0 Å². The zero-order valence-electron chi connectivity index (χ0n) is 14.5. The minimum absolute atomic E-state index is 0.0321. The van der Waals surface area contributed by atoms with Gasteiger partial charge < -0.3 is 19.5 Å². The van der Waals surface area contributed by atoms with Gasteiger partial charge in [0.05, 0.1) is 22.1 Å². The Bertz CT molecular complexity index is 912. The molecule has 0 saturated carbocycles. The molecule has 27 heavy (non-hydrogen) atoms. The number of rotatable bonds is 5. The zero-order valence-corrected chi connectivity index (χ0v) is 16.1. The van der Waals surface area contributed by atoms with Crippen molar-refractivity contribution in [3.8, 4) is 11.5 Å². The van der Waals surface area contributed by atoms with Gasteiger partial charge in [0.15, 0.2) is 27.9 Å². The fraction of sp³-hybridized carbons (Fsp3) is 0.412. The molecular weight excluding hydrogens is 398 g/mol. The van der Waals surface area contributed by atoms with Gasteiger partial charge in [-0.3, -0.25) is 4.79 Å². The average molecular weight is 416 g/mol. The van der Waals surface area contributed by atoms with Gasteiger partial charge in [0.25, 0.3) is 5.91 Å². The topological polar surface area (TPSA) is 108 Å². The number of hydrogen-bond acceptors (Lipinski definition) is 7. The lowest BCUT2D eigenvalue weighted by Crippen LogP contribution is -2.48. The summed E-state index contributed by atoms with van der Waals surface area (Å²) in [5, 5.41) is 2.97. The van der Waals surface area contributed by atoms with Gasteiger partial charge in [-0.05, 0) is 37.1 Å². The molecule has 0 aromatic heterocycles. The number of ether oxygens (including phenoxy) is 3. The predicted octanol–water partition coefficient (Wildman–Crippen LogP) is 1.32. The fourth-order valence-electron chi connectivity index (χ4n) is 2.91. The van der Waals surface area contributed by atoms with Crippen LogP contribution in [0.1, 0.15) is 18.9 Å². The maximum atomic E-state index is 11.9. The first-order chi connectivity index (χ1) is 12.7. The van der Waals surface area contributed by atoms with Crippen molar-refractivity contribution in [2.75, 3.05) is 24.9 Å². The zero-order chi connectivity index (χ0) is 19.7. The quantitative estimate of drug-likeness (QED) is 0.570. The molecule has 0 spiro atoms. The van der Waals surface area contributed by atoms with Crippen molar-refractivity contribution in [3.05, 3.63) is 28.8 Å². The van der Waals surface area contributed by atoms with Gasteiger partial charge >= 0.3 is 5.97 Å². The molecule has 10 heteroatoms. The van der Waals surface area contributed by atoms with Crippen molar-refractivity contribution >= 4 is 39.4 Å². The molecule has 1 atom stereocenters. The molecule has 8 nitrogen and oxygen atoms in total. The maximum Gasteiger partial charge on any atom is 0.331 e. The monoisotopic (exact) mass is 415 g/mol. The van der Waals surface area contributed by atoms with Gasteiger partial charge in [-0.15, -0.1) is 0 Å². The van der Waals surface area contributed by atoms with E-state index in [0.29, 0.717) is 28.5 Å². The molecule has 1 amide bonds. The first kappa shape index (κ1) is 19.5. The predicted molar refractivity (Wildman–Crippen MR) is 97.4 cm³/mol. The average Bonchev–Trinajstić information content (AvgIpc) is 3.15. The SMILES string of the molecule is C[C@]1(NC(=O)COC(=O)/C=C/c2cc(Cl)c3c(c2)OCO3)CCS(=O)(=O)C1. The van der Waals surface area contributed by atoms with E-state index in [2.05, 4.69) is 5.32 Å². The van der Waals surface area contributed by atoms with Crippen molar-refractivity contribution in [2.45, 2.75) is 18.9 Å². The third-order valence-electron chi connectivity index (χ3n) is 4.15. The Hall–Kier alpha value is -2.26. The summed E-state index contributed by atoms with van der Waals surface area (Å²) < 4.78 is 38.4. The molecule has 0 radical (unpaired) electrons. The molecule has 1 N–H and O–H groups in total. The molecule has 1 fully saturated rings. The third kappa shape index (κ3) is 4.92. The maximum absolute atomic E-state index is 11.9. The van der Waals surface area contributed by atoms with Gasteiger partial charge in [0.1, 0.15) is 0 Å². The van der Waals surface area contributed by atoms with Crippen LogP contribution in [0.5, 0.6) is 11.5 Å². The molecule has 2 aliphatic rings. The van der Waals surface area contributed by atoms with E-state index in [4.69, 9.17) is 25.8 Å². The number of carbonyl (C=O) groups excluding carboxylic acids is 2. The summed E-state index contributed by atoms with van der Waals surface area (Å²) in [6.45, 7) is 1.24. The van der Waals surface area contributed by atoms with Crippen molar-refractivity contribution in [1.29, 1.82) is 0 Å². The molecule has 2 heterocycles. The van der Waals surface area contributed by atoms with Crippen LogP contribution in [0.4, 0.5) is 0 Å². The van der Waals surface area contributed by atoms with Crippen LogP contribution >= 0.6 is 11.6 Å². The second-order valence-corrected chi connectivity index (χ2v) is 9.22. The molecule has 146 valence electrons. The van der Waals surface area contributed by atoms with E-state index in [1.54, 1.807) is 19.1 Å². The molecule has 0 aliphatic carbocycles. The van der Waals surface area contributed by atoms with Crippen molar-refractivity contribution in [3.63, 3.8) is 0 Å². The molecule has 3 rings (SSSR count). The van der Waals surface area contributed by atoms with E-state index in [1.165, 1.54) is 6.08 Å². The lowest BCUT2D eigenvalue weighted by atomic mass is 10.0. The highest BCUT2D eigenvalue weighted by atomic mass is 35.5. The van der Waals surface area contributed by atoms with Gasteiger partial charge in [-0.25, -0.2) is 13.2 Å². The highest BCUT2D eigenvalue weighted by Crippen LogP contribution is 2.40. The van der Waals surface area contributed by atoms with Crippen molar-refractivity contribution < 1.29 is 32.2 Å². The summed E-state index contributed by atoms with van der Waals surface area (Å²) in [5.74, 6) is -0.426. The van der Waals surface area contributed by atoms with Crippen LogP contribution in [0, 0.1) is 0 Å². The lowest BCUT2D eigenvalue weighted by molar-refractivity contribution is -0.144. The molecule has 1 aromatic carbocycles. The minimum atomic E-state index is -3.14. The van der Waals surface area contributed by atoms with Gasteiger partial charge in [0.2, 0.25) is 6.79 Å². The van der Waals surface area contributed by atoms with E-state index in [0.717, 1.165) is 6.08 Å². The number of halogens is 1. The first-order valence-electron chi connectivity index (χ1n) is 8.11. The van der Waals surface area contributed by atoms with Crippen LogP contribution in [0.15, 0.2) is 18.2 Å². The number of carbonyl (C=O) groups is 2. The first-order valence-corrected chi connectivity index (χ1v) is 10.3. The van der Waals surface area contributed by atoms with Gasteiger partial charge in [-0.2, -0.15) is 0 Å². The normalized spacial score (nSPS) is 22.7. The summed E-state index contributed by atoms with van der Waals surface area (Å²) in [5.41, 5.74) is -0.226. The fourth-order valence-corrected chi connectivity index (χ4v) is 5.28. The number of esters is 1. The van der Waals surface area contributed by atoms with Gasteiger partial charge in [0, 0.05) is 6.08 Å². The Kier molecular flexibility index (Phi) is 5.34. The number of hydrogen-bond donors (Lipinski definition) is 1. The summed E-state index contributed by atoms with van der Waals surface area (Å²) in [7, 11) is -3.14. The molecule has 0 bridgehead atoms. The largest absolute Gasteiger partial charge is 0.454 e. The summed E-state index contributed by atoms with van der Waals surface area (Å²) in [6, 6.07) is 3.26. The van der Waals surface area contributed by atoms with Crippen LogP contribution < -0.4 is 14.8 Å². The summed E-state index contributed by atoms with van der Waals surface area (Å²) in [6.07, 6.45) is 2.96. The minimum Gasteiger partial charge on any atom is -0.454 e. The van der Waals surface area contributed by atoms with E-state index in [1.807, 2.05) is 0 Å². The molecule has 1 saturated heterocycles. The smallest absolute Gasteiger partial charge is 0.331 e. The Morgan fingerprint density at radius 1 is 1.37 bits per heavy atom. The Labute approximate surface area is 161 Å². The number of nitrogens with one attached hydrogen (secondary N) is 1. The van der Waals surface area contributed by atoms with Crippen LogP contribution in [0.2, 0.25) is 5.02 Å². The van der Waals surface area contributed by atoms with Crippen LogP contribution in [-0.4, -0.2) is 50.7 Å². The number of benzene rings is 1. The highest BCUT2D eigenvalue weighted by Gasteiger charge is 2.39. The molecular formula is C17H18ClNO7S. The Morgan fingerprint density at radius 2 is 2.15 bits per heavy atom. The Balaban J connectivity index is 1.50. The lowest BCUT2D eigenvalue weighted by Gasteiger charge is -2.23. The molecule has 1 aromatic rings. The Morgan fingerprint density at radius 3 is 2.85 bits per heavy atom. The summed E-state index contributed by atoms with van der Waals surface area (Å²) in [4.78, 5) is 23.7. The van der Waals surface area contributed by atoms with Crippen molar-refractivity contribution in [2.24, 2.45) is 0 Å². The summed E-state index contributed by atoms with van der Waals surface area (Å²) >= 11 is 6.06. The number of sulfone groups is 1. The number of fused-ring (bicyclic) bond motifs is 1. The molecule has 2 aliphatic heterocycles. The van der Waals surface area contributed by atoms with Crippen LogP contribution in [-0.2, 0) is 24.2 Å². The molecule has 0 unspecified atom stereocenters. The van der Waals surface area contributed by atoms with E-state index < -0.39 is 33.9 Å². The highest BCUT2D eigenvalue weighted by molar-refractivity contribution is 7.91. The standard InChI is InChI=1S/C17H18ClNO7S/c1-17(4-5-27(22,23)9-17)19-14(20)8-24-15(21)3-2-11-6-12(18)16-13(7-11)25-10-26-16/h2-3,6-7H,4-5,8-10H2,1H3,(H,19,20)/b3-2+/t17-/m0/s1. The van der Waals surface area contributed by atoms with E-state index in [-0.39, 0.29) is 18.3 Å². The second kappa shape index (κ2) is 7.40. The van der Waals surface area contributed by atoms with E-state index >= 15 is 0 Å². The van der Waals surface area contributed by atoms with Crippen LogP contribution in [0.25, 0.3) is 6.08 Å². The van der Waals surface area contributed by atoms with Gasteiger partial charge in [-0.1, -0.05) is 11.6 Å². The van der Waals surface area contributed by atoms with E-state index in [9.17, 15) is 18.0 Å². The third-order valence-corrected chi connectivity index (χ3v) is 6.34. The second-order valence-electron chi connectivity index (χ2n) is 6.63. The number of amides is 1.